The molecule has 2 aromatic carbocycles. The van der Waals surface area contributed by atoms with Crippen LogP contribution < -0.4 is 10.1 Å². The highest BCUT2D eigenvalue weighted by Gasteiger charge is 2.09. The fourth-order valence-corrected chi connectivity index (χ4v) is 2.16. The Morgan fingerprint density at radius 1 is 1.08 bits per heavy atom. The quantitative estimate of drug-likeness (QED) is 0.756. The van der Waals surface area contributed by atoms with E-state index in [1.54, 1.807) is 30.3 Å². The van der Waals surface area contributed by atoms with Crippen molar-refractivity contribution in [3.8, 4) is 5.75 Å². The number of halogens is 1. The van der Waals surface area contributed by atoms with Crippen LogP contribution in [0, 0.1) is 0 Å². The highest BCUT2D eigenvalue weighted by atomic mass is 35.5. The van der Waals surface area contributed by atoms with Crippen LogP contribution in [-0.2, 0) is 14.3 Å². The first-order chi connectivity index (χ1) is 11.9. The Balaban J connectivity index is 1.74. The van der Waals surface area contributed by atoms with Gasteiger partial charge in [-0.2, -0.15) is 0 Å². The van der Waals surface area contributed by atoms with Crippen LogP contribution in [0.25, 0.3) is 0 Å². The predicted octanol–water partition coefficient (Wildman–Crippen LogP) is 4.02. The number of benzene rings is 2. The SMILES string of the molecule is CC(C)c1cccc(NC(=O)COC(=O)COc2ccc(Cl)cc2)c1. The van der Waals surface area contributed by atoms with Gasteiger partial charge in [0.25, 0.3) is 5.91 Å². The molecule has 0 aliphatic heterocycles. The summed E-state index contributed by atoms with van der Waals surface area (Å²) in [6.45, 7) is 3.50. The molecule has 0 heterocycles. The van der Waals surface area contributed by atoms with E-state index in [2.05, 4.69) is 19.2 Å². The predicted molar refractivity (Wildman–Crippen MR) is 97.1 cm³/mol. The third-order valence-electron chi connectivity index (χ3n) is 3.37. The minimum atomic E-state index is -0.624. The van der Waals surface area contributed by atoms with Crippen molar-refractivity contribution in [3.63, 3.8) is 0 Å². The monoisotopic (exact) mass is 361 g/mol. The molecule has 2 aromatic rings. The van der Waals surface area contributed by atoms with Gasteiger partial charge in [0.2, 0.25) is 0 Å². The van der Waals surface area contributed by atoms with Gasteiger partial charge in [-0.1, -0.05) is 37.6 Å². The van der Waals surface area contributed by atoms with Crippen LogP contribution in [0.1, 0.15) is 25.3 Å². The fraction of sp³-hybridized carbons (Fsp3) is 0.263. The third-order valence-corrected chi connectivity index (χ3v) is 3.62. The van der Waals surface area contributed by atoms with Crippen molar-refractivity contribution in [2.24, 2.45) is 0 Å². The second-order valence-electron chi connectivity index (χ2n) is 5.73. The smallest absolute Gasteiger partial charge is 0.344 e. The first-order valence-corrected chi connectivity index (χ1v) is 8.25. The molecule has 1 N–H and O–H groups in total. The molecule has 0 unspecified atom stereocenters. The highest BCUT2D eigenvalue weighted by molar-refractivity contribution is 6.30. The number of amides is 1. The van der Waals surface area contributed by atoms with Crippen molar-refractivity contribution in [2.75, 3.05) is 18.5 Å². The van der Waals surface area contributed by atoms with E-state index in [0.29, 0.717) is 22.4 Å². The molecule has 0 aromatic heterocycles. The second-order valence-corrected chi connectivity index (χ2v) is 6.17. The average molecular weight is 362 g/mol. The summed E-state index contributed by atoms with van der Waals surface area (Å²) in [5.74, 6) is -0.169. The van der Waals surface area contributed by atoms with Gasteiger partial charge in [0.1, 0.15) is 5.75 Å². The Kier molecular flexibility index (Phi) is 6.83. The lowest BCUT2D eigenvalue weighted by atomic mass is 10.0. The van der Waals surface area contributed by atoms with Crippen molar-refractivity contribution < 1.29 is 19.1 Å². The van der Waals surface area contributed by atoms with Crippen LogP contribution >= 0.6 is 11.6 Å². The Bertz CT molecular complexity index is 728. The summed E-state index contributed by atoms with van der Waals surface area (Å²) < 4.78 is 10.1. The molecule has 0 radical (unpaired) electrons. The molecule has 132 valence electrons. The number of ether oxygens (including phenoxy) is 2. The number of hydrogen-bond donors (Lipinski definition) is 1. The molecule has 0 atom stereocenters. The van der Waals surface area contributed by atoms with Gasteiger partial charge in [0.05, 0.1) is 0 Å². The van der Waals surface area contributed by atoms with Gasteiger partial charge in [-0.15, -0.1) is 0 Å². The average Bonchev–Trinajstić information content (AvgIpc) is 2.59. The molecule has 0 spiro atoms. The lowest BCUT2D eigenvalue weighted by Gasteiger charge is -2.10. The van der Waals surface area contributed by atoms with E-state index in [9.17, 15) is 9.59 Å². The zero-order valence-corrected chi connectivity index (χ0v) is 14.9. The Labute approximate surface area is 151 Å². The second kappa shape index (κ2) is 9.08. The molecule has 1 amide bonds. The van der Waals surface area contributed by atoms with E-state index in [1.165, 1.54) is 0 Å². The number of anilines is 1. The van der Waals surface area contributed by atoms with Crippen molar-refractivity contribution in [1.29, 1.82) is 0 Å². The molecule has 25 heavy (non-hydrogen) atoms. The Morgan fingerprint density at radius 2 is 1.80 bits per heavy atom. The molecular weight excluding hydrogens is 342 g/mol. The van der Waals surface area contributed by atoms with E-state index in [0.717, 1.165) is 5.56 Å². The van der Waals surface area contributed by atoms with E-state index >= 15 is 0 Å². The van der Waals surface area contributed by atoms with Gasteiger partial charge in [-0.05, 0) is 47.9 Å². The lowest BCUT2D eigenvalue weighted by Crippen LogP contribution is -2.23. The van der Waals surface area contributed by atoms with E-state index in [1.807, 2.05) is 18.2 Å². The van der Waals surface area contributed by atoms with Gasteiger partial charge < -0.3 is 14.8 Å². The maximum atomic E-state index is 11.9. The lowest BCUT2D eigenvalue weighted by molar-refractivity contribution is -0.149. The van der Waals surface area contributed by atoms with Crippen LogP contribution in [-0.4, -0.2) is 25.1 Å². The van der Waals surface area contributed by atoms with E-state index in [4.69, 9.17) is 21.1 Å². The van der Waals surface area contributed by atoms with Crippen molar-refractivity contribution >= 4 is 29.2 Å². The third kappa shape index (κ3) is 6.47. The van der Waals surface area contributed by atoms with Crippen LogP contribution in [0.15, 0.2) is 48.5 Å². The van der Waals surface area contributed by atoms with Crippen molar-refractivity contribution in [3.05, 3.63) is 59.1 Å². The summed E-state index contributed by atoms with van der Waals surface area (Å²) in [5, 5.41) is 3.28. The number of carbonyl (C=O) groups is 2. The molecular formula is C19H20ClNO4. The van der Waals surface area contributed by atoms with Crippen LogP contribution in [0.3, 0.4) is 0 Å². The zero-order chi connectivity index (χ0) is 18.2. The highest BCUT2D eigenvalue weighted by Crippen LogP contribution is 2.18. The molecule has 5 nitrogen and oxygen atoms in total. The van der Waals surface area contributed by atoms with Gasteiger partial charge in [0.15, 0.2) is 13.2 Å². The number of nitrogens with one attached hydrogen (secondary N) is 1. The van der Waals surface area contributed by atoms with Gasteiger partial charge in [-0.3, -0.25) is 4.79 Å². The van der Waals surface area contributed by atoms with Crippen molar-refractivity contribution in [1.82, 2.24) is 0 Å². The number of rotatable bonds is 7. The number of hydrogen-bond acceptors (Lipinski definition) is 4. The fourth-order valence-electron chi connectivity index (χ4n) is 2.03. The maximum absolute atomic E-state index is 11.9. The summed E-state index contributed by atoms with van der Waals surface area (Å²) in [4.78, 5) is 23.5. The number of esters is 1. The normalized spacial score (nSPS) is 10.4. The van der Waals surface area contributed by atoms with Gasteiger partial charge in [-0.25, -0.2) is 4.79 Å². The van der Waals surface area contributed by atoms with E-state index in [-0.39, 0.29) is 13.2 Å². The topological polar surface area (TPSA) is 64.6 Å². The first-order valence-electron chi connectivity index (χ1n) is 7.88. The summed E-state index contributed by atoms with van der Waals surface area (Å²) in [7, 11) is 0. The molecule has 6 heteroatoms. The van der Waals surface area contributed by atoms with Gasteiger partial charge >= 0.3 is 5.97 Å². The maximum Gasteiger partial charge on any atom is 0.344 e. The molecule has 0 bridgehead atoms. The van der Waals surface area contributed by atoms with Gasteiger partial charge in [0, 0.05) is 10.7 Å². The van der Waals surface area contributed by atoms with Crippen LogP contribution in [0.2, 0.25) is 5.02 Å². The summed E-state index contributed by atoms with van der Waals surface area (Å²) >= 11 is 5.76. The van der Waals surface area contributed by atoms with E-state index < -0.39 is 11.9 Å². The first kappa shape index (κ1) is 18.8. The molecule has 0 fully saturated rings. The summed E-state index contributed by atoms with van der Waals surface area (Å²) in [5.41, 5.74) is 1.79. The largest absolute Gasteiger partial charge is 0.482 e. The summed E-state index contributed by atoms with van der Waals surface area (Å²) in [6, 6.07) is 14.1. The Hall–Kier alpha value is -2.53. The minimum Gasteiger partial charge on any atom is -0.482 e. The van der Waals surface area contributed by atoms with Crippen LogP contribution in [0.5, 0.6) is 5.75 Å². The molecule has 0 aliphatic rings. The van der Waals surface area contributed by atoms with Crippen molar-refractivity contribution in [2.45, 2.75) is 19.8 Å². The molecule has 0 aliphatic carbocycles. The zero-order valence-electron chi connectivity index (χ0n) is 14.1. The number of carbonyl (C=O) groups excluding carboxylic acids is 2. The summed E-state index contributed by atoms with van der Waals surface area (Å²) in [6.07, 6.45) is 0. The standard InChI is InChI=1S/C19H20ClNO4/c1-13(2)14-4-3-5-16(10-14)21-18(22)11-25-19(23)12-24-17-8-6-15(20)7-9-17/h3-10,13H,11-12H2,1-2H3,(H,21,22). The Morgan fingerprint density at radius 3 is 2.48 bits per heavy atom. The molecule has 2 rings (SSSR count). The molecule has 0 saturated carbocycles. The minimum absolute atomic E-state index is 0.280. The molecule has 0 saturated heterocycles. The van der Waals surface area contributed by atoms with Crippen LogP contribution in [0.4, 0.5) is 5.69 Å².